The standard InChI is InChI=1S/C44H29NO/c1-4-15-30(16-5-1)32-19-14-20-33(27-32)43-36-24-10-11-25-37(36)44(46-43)40-28-39-35-23-12-13-26-41(35)45(34-21-8-3-9-22-34)42(39)29-38(40)31-17-6-2-7-18-31/h1-6,8-10,12-17,19-24,26-29H,11,25H2. The van der Waals surface area contributed by atoms with Crippen LogP contribution in [0, 0.1) is 12.1 Å². The van der Waals surface area contributed by atoms with Crippen molar-refractivity contribution in [3.8, 4) is 50.6 Å². The van der Waals surface area contributed by atoms with Gasteiger partial charge in [0.05, 0.1) is 11.0 Å². The molecule has 6 aromatic carbocycles. The number of nitrogens with zero attached hydrogens (tertiary/aromatic N) is 1. The van der Waals surface area contributed by atoms with E-state index in [9.17, 15) is 0 Å². The molecule has 2 heterocycles. The van der Waals surface area contributed by atoms with Crippen molar-refractivity contribution in [1.29, 1.82) is 0 Å². The number of para-hydroxylation sites is 2. The van der Waals surface area contributed by atoms with Crippen molar-refractivity contribution >= 4 is 27.9 Å². The van der Waals surface area contributed by atoms with Crippen LogP contribution in [0.3, 0.4) is 0 Å². The van der Waals surface area contributed by atoms with Crippen molar-refractivity contribution in [1.82, 2.24) is 4.57 Å². The lowest BCUT2D eigenvalue weighted by Gasteiger charge is -2.13. The van der Waals surface area contributed by atoms with Crippen molar-refractivity contribution in [2.75, 3.05) is 0 Å². The summed E-state index contributed by atoms with van der Waals surface area (Å²) < 4.78 is 9.43. The molecular weight excluding hydrogens is 558 g/mol. The molecule has 0 saturated heterocycles. The Morgan fingerprint density at radius 1 is 0.587 bits per heavy atom. The Kier molecular flexibility index (Phi) is 6.21. The Morgan fingerprint density at radius 3 is 2.22 bits per heavy atom. The van der Waals surface area contributed by atoms with Gasteiger partial charge in [0.25, 0.3) is 0 Å². The van der Waals surface area contributed by atoms with Crippen LogP contribution in [0.2, 0.25) is 0 Å². The van der Waals surface area contributed by atoms with Crippen molar-refractivity contribution in [2.45, 2.75) is 12.8 Å². The Labute approximate surface area is 268 Å². The Hall–Kier alpha value is -6.04. The Morgan fingerprint density at radius 2 is 1.37 bits per heavy atom. The largest absolute Gasteiger partial charge is 0.455 e. The van der Waals surface area contributed by atoms with Crippen molar-refractivity contribution in [2.24, 2.45) is 0 Å². The molecule has 0 unspecified atom stereocenters. The topological polar surface area (TPSA) is 18.1 Å². The maximum atomic E-state index is 7.06. The number of benzene rings is 5. The number of hydrogen-bond donors (Lipinski definition) is 0. The minimum atomic E-state index is 0.917. The molecule has 0 fully saturated rings. The van der Waals surface area contributed by atoms with Gasteiger partial charge in [-0.2, -0.15) is 0 Å². The van der Waals surface area contributed by atoms with Gasteiger partial charge in [-0.3, -0.25) is 0 Å². The van der Waals surface area contributed by atoms with E-state index in [0.29, 0.717) is 0 Å². The first-order valence-electron chi connectivity index (χ1n) is 15.8. The first-order chi connectivity index (χ1) is 22.8. The van der Waals surface area contributed by atoms with Crippen molar-refractivity contribution in [3.05, 3.63) is 169 Å². The molecule has 1 aliphatic rings. The summed E-state index contributed by atoms with van der Waals surface area (Å²) >= 11 is 0. The van der Waals surface area contributed by atoms with E-state index >= 15 is 0 Å². The highest BCUT2D eigenvalue weighted by molar-refractivity contribution is 6.12. The second kappa shape index (κ2) is 10.8. The molecule has 46 heavy (non-hydrogen) atoms. The van der Waals surface area contributed by atoms with Gasteiger partial charge in [-0.1, -0.05) is 115 Å². The van der Waals surface area contributed by atoms with Gasteiger partial charge in [0.15, 0.2) is 0 Å². The molecule has 216 valence electrons. The predicted molar refractivity (Wildman–Crippen MR) is 190 cm³/mol. The number of rotatable bonds is 5. The first-order valence-corrected chi connectivity index (χ1v) is 15.8. The van der Waals surface area contributed by atoms with Gasteiger partial charge >= 0.3 is 0 Å². The third-order valence-corrected chi connectivity index (χ3v) is 9.14. The molecule has 9 rings (SSSR count). The summed E-state index contributed by atoms with van der Waals surface area (Å²) in [6.45, 7) is 0. The molecule has 0 N–H and O–H groups in total. The summed E-state index contributed by atoms with van der Waals surface area (Å²) in [5.41, 5.74) is 12.5. The summed E-state index contributed by atoms with van der Waals surface area (Å²) in [5.74, 6) is 1.85. The quantitative estimate of drug-likeness (QED) is 0.196. The van der Waals surface area contributed by atoms with Crippen LogP contribution >= 0.6 is 0 Å². The van der Waals surface area contributed by atoms with Crippen LogP contribution in [0.1, 0.15) is 17.5 Å². The molecule has 2 aromatic heterocycles. The third-order valence-electron chi connectivity index (χ3n) is 9.14. The highest BCUT2D eigenvalue weighted by Crippen LogP contribution is 2.46. The van der Waals surface area contributed by atoms with Crippen LogP contribution in [0.25, 0.3) is 78.5 Å². The highest BCUT2D eigenvalue weighted by atomic mass is 16.3. The van der Waals surface area contributed by atoms with Crippen molar-refractivity contribution in [3.63, 3.8) is 0 Å². The zero-order valence-corrected chi connectivity index (χ0v) is 25.2. The van der Waals surface area contributed by atoms with E-state index in [1.54, 1.807) is 0 Å². The fourth-order valence-electron chi connectivity index (χ4n) is 7.03. The second-order valence-electron chi connectivity index (χ2n) is 11.9. The molecule has 0 saturated carbocycles. The van der Waals surface area contributed by atoms with E-state index in [1.165, 1.54) is 38.5 Å². The average molecular weight is 588 g/mol. The van der Waals surface area contributed by atoms with Crippen LogP contribution in [-0.2, 0) is 6.42 Å². The van der Waals surface area contributed by atoms with Gasteiger partial charge in [-0.15, -0.1) is 0 Å². The van der Waals surface area contributed by atoms with Crippen LogP contribution < -0.4 is 0 Å². The van der Waals surface area contributed by atoms with Crippen LogP contribution in [0.4, 0.5) is 0 Å². The first kappa shape index (κ1) is 26.4. The summed E-state index contributed by atoms with van der Waals surface area (Å²) in [7, 11) is 0. The number of furan rings is 1. The monoisotopic (exact) mass is 587 g/mol. The molecule has 1 aliphatic carbocycles. The van der Waals surface area contributed by atoms with E-state index in [1.807, 2.05) is 12.1 Å². The zero-order chi connectivity index (χ0) is 30.5. The Bertz CT molecular complexity index is 2390. The maximum absolute atomic E-state index is 7.06. The van der Waals surface area contributed by atoms with Gasteiger partial charge in [0.1, 0.15) is 11.5 Å². The molecular formula is C44H29NO. The predicted octanol–water partition coefficient (Wildman–Crippen LogP) is 11.6. The van der Waals surface area contributed by atoms with Gasteiger partial charge in [-0.05, 0) is 72.5 Å². The minimum Gasteiger partial charge on any atom is -0.455 e. The van der Waals surface area contributed by atoms with E-state index in [4.69, 9.17) is 4.42 Å². The minimum absolute atomic E-state index is 0.917. The molecule has 0 atom stereocenters. The average Bonchev–Trinajstić information content (AvgIpc) is 3.68. The SMILES string of the molecule is c1cccc(-c2cc3c(cc2-c2oc(-c4cccc(-c5ccccc5)c4)c4c2CCC=C4)c2ccccc2n3-c2ccccc2)c#1. The fraction of sp³-hybridized carbons (Fsp3) is 0.0455. The molecule has 2 nitrogen and oxygen atoms in total. The zero-order valence-electron chi connectivity index (χ0n) is 25.2. The summed E-state index contributed by atoms with van der Waals surface area (Å²) in [6, 6.07) is 55.9. The van der Waals surface area contributed by atoms with E-state index in [-0.39, 0.29) is 0 Å². The number of hydrogen-bond acceptors (Lipinski definition) is 1. The molecule has 0 amide bonds. The lowest BCUT2D eigenvalue weighted by Crippen LogP contribution is -1.96. The van der Waals surface area contributed by atoms with Gasteiger partial charge in [0.2, 0.25) is 0 Å². The summed E-state index contributed by atoms with van der Waals surface area (Å²) in [5, 5.41) is 2.41. The van der Waals surface area contributed by atoms with Crippen LogP contribution in [0.15, 0.2) is 150 Å². The smallest absolute Gasteiger partial charge is 0.142 e. The maximum Gasteiger partial charge on any atom is 0.142 e. The Balaban J connectivity index is 1.33. The van der Waals surface area contributed by atoms with E-state index in [2.05, 4.69) is 156 Å². The van der Waals surface area contributed by atoms with Crippen LogP contribution in [-0.4, -0.2) is 4.57 Å². The number of aromatic nitrogens is 1. The molecule has 2 heteroatoms. The van der Waals surface area contributed by atoms with E-state index in [0.717, 1.165) is 57.8 Å². The second-order valence-corrected chi connectivity index (χ2v) is 11.9. The third kappa shape index (κ3) is 4.29. The number of fused-ring (bicyclic) bond motifs is 4. The number of allylic oxidation sites excluding steroid dienone is 1. The molecule has 8 aromatic rings. The van der Waals surface area contributed by atoms with Crippen molar-refractivity contribution < 1.29 is 4.42 Å². The van der Waals surface area contributed by atoms with Crippen LogP contribution in [0.5, 0.6) is 0 Å². The summed E-state index contributed by atoms with van der Waals surface area (Å²) in [4.78, 5) is 0. The lowest BCUT2D eigenvalue weighted by atomic mass is 9.90. The molecule has 0 bridgehead atoms. The van der Waals surface area contributed by atoms with Gasteiger partial charge in [-0.25, -0.2) is 0 Å². The van der Waals surface area contributed by atoms with Gasteiger partial charge < -0.3 is 8.98 Å². The fourth-order valence-corrected chi connectivity index (χ4v) is 7.03. The normalized spacial score (nSPS) is 12.3. The molecule has 0 spiro atoms. The highest BCUT2D eigenvalue weighted by Gasteiger charge is 2.26. The molecule has 0 radical (unpaired) electrons. The molecule has 0 aliphatic heterocycles. The van der Waals surface area contributed by atoms with Gasteiger partial charge in [0, 0.05) is 49.8 Å². The van der Waals surface area contributed by atoms with E-state index < -0.39 is 0 Å². The summed E-state index contributed by atoms with van der Waals surface area (Å²) in [6.07, 6.45) is 6.43. The lowest BCUT2D eigenvalue weighted by molar-refractivity contribution is 0.594.